The molecule has 1 rings (SSSR count). The van der Waals surface area contributed by atoms with E-state index in [4.69, 9.17) is 0 Å². The van der Waals surface area contributed by atoms with E-state index < -0.39 is 0 Å². The molecule has 1 aliphatic rings. The fraction of sp³-hybridized carbons (Fsp3) is 0.733. The van der Waals surface area contributed by atoms with E-state index >= 15 is 0 Å². The number of ketones is 2. The number of hydrogen-bond acceptors (Lipinski definition) is 2. The van der Waals surface area contributed by atoms with Gasteiger partial charge in [0.2, 0.25) is 0 Å². The van der Waals surface area contributed by atoms with Crippen LogP contribution in [-0.2, 0) is 9.59 Å². The van der Waals surface area contributed by atoms with Crippen molar-refractivity contribution in [3.8, 4) is 0 Å². The highest BCUT2D eigenvalue weighted by molar-refractivity contribution is 5.84. The van der Waals surface area contributed by atoms with Crippen molar-refractivity contribution in [2.75, 3.05) is 0 Å². The Hall–Kier alpha value is -0.920. The van der Waals surface area contributed by atoms with Gasteiger partial charge in [-0.25, -0.2) is 0 Å². The molecule has 0 unspecified atom stereocenters. The molecule has 0 amide bonds. The molecule has 0 fully saturated rings. The molecule has 96 valence electrons. The van der Waals surface area contributed by atoms with E-state index in [-0.39, 0.29) is 28.8 Å². The smallest absolute Gasteiger partial charge is 0.136 e. The van der Waals surface area contributed by atoms with E-state index in [1.807, 2.05) is 13.8 Å². The Morgan fingerprint density at radius 2 is 1.76 bits per heavy atom. The monoisotopic (exact) mass is 236 g/mol. The van der Waals surface area contributed by atoms with E-state index in [9.17, 15) is 9.59 Å². The zero-order valence-electron chi connectivity index (χ0n) is 11.5. The van der Waals surface area contributed by atoms with Crippen LogP contribution in [0.3, 0.4) is 0 Å². The zero-order valence-corrected chi connectivity index (χ0v) is 11.5. The maximum absolute atomic E-state index is 12.0. The molecule has 1 aliphatic carbocycles. The van der Waals surface area contributed by atoms with Crippen LogP contribution in [0.5, 0.6) is 0 Å². The average Bonchev–Trinajstić information content (AvgIpc) is 2.23. The van der Waals surface area contributed by atoms with E-state index in [2.05, 4.69) is 26.0 Å². The third kappa shape index (κ3) is 4.45. The molecule has 2 heteroatoms. The molecule has 17 heavy (non-hydrogen) atoms. The van der Waals surface area contributed by atoms with Crippen molar-refractivity contribution in [1.82, 2.24) is 0 Å². The first-order valence-corrected chi connectivity index (χ1v) is 6.55. The summed E-state index contributed by atoms with van der Waals surface area (Å²) in [7, 11) is 0. The molecule has 0 heterocycles. The summed E-state index contributed by atoms with van der Waals surface area (Å²) >= 11 is 0. The van der Waals surface area contributed by atoms with Gasteiger partial charge in [0.15, 0.2) is 0 Å². The molecular formula is C15H24O2. The van der Waals surface area contributed by atoms with E-state index in [0.717, 1.165) is 6.42 Å². The largest absolute Gasteiger partial charge is 0.299 e. The van der Waals surface area contributed by atoms with Crippen LogP contribution >= 0.6 is 0 Å². The predicted octanol–water partition coefficient (Wildman–Crippen LogP) is 3.55. The normalized spacial score (nSPS) is 32.9. The fourth-order valence-electron chi connectivity index (χ4n) is 2.17. The third-order valence-electron chi connectivity index (χ3n) is 3.61. The molecule has 0 radical (unpaired) electrons. The van der Waals surface area contributed by atoms with Crippen LogP contribution in [0.1, 0.15) is 53.4 Å². The minimum absolute atomic E-state index is 0.0110. The Morgan fingerprint density at radius 3 is 2.41 bits per heavy atom. The second-order valence-electron chi connectivity index (χ2n) is 6.08. The van der Waals surface area contributed by atoms with Crippen LogP contribution < -0.4 is 0 Å². The molecule has 2 nitrogen and oxygen atoms in total. The number of rotatable bonds is 0. The molecule has 0 aliphatic heterocycles. The highest BCUT2D eigenvalue weighted by Gasteiger charge is 2.24. The van der Waals surface area contributed by atoms with Crippen LogP contribution in [0.25, 0.3) is 0 Å². The zero-order chi connectivity index (χ0) is 13.1. The van der Waals surface area contributed by atoms with Gasteiger partial charge >= 0.3 is 0 Å². The summed E-state index contributed by atoms with van der Waals surface area (Å²) in [6.07, 6.45) is 6.77. The van der Waals surface area contributed by atoms with Crippen molar-refractivity contribution < 1.29 is 9.59 Å². The number of Topliss-reactive ketones (excluding diaryl/α,β-unsaturated/α-hetero) is 2. The molecule has 0 aromatic carbocycles. The summed E-state index contributed by atoms with van der Waals surface area (Å²) < 4.78 is 0. The van der Waals surface area contributed by atoms with Crippen LogP contribution in [0.15, 0.2) is 12.2 Å². The molecule has 0 saturated carbocycles. The number of carbonyl (C=O) groups excluding carboxylic acids is 2. The van der Waals surface area contributed by atoms with E-state index in [1.165, 1.54) is 0 Å². The highest BCUT2D eigenvalue weighted by Crippen LogP contribution is 2.27. The molecular weight excluding hydrogens is 212 g/mol. The van der Waals surface area contributed by atoms with Gasteiger partial charge in [0.05, 0.1) is 0 Å². The first-order chi connectivity index (χ1) is 7.82. The second-order valence-corrected chi connectivity index (χ2v) is 6.08. The first kappa shape index (κ1) is 14.1. The van der Waals surface area contributed by atoms with E-state index in [1.54, 1.807) is 0 Å². The Kier molecular flexibility index (Phi) is 4.67. The van der Waals surface area contributed by atoms with Crippen molar-refractivity contribution >= 4 is 11.6 Å². The van der Waals surface area contributed by atoms with Crippen LogP contribution in [0, 0.1) is 17.3 Å². The van der Waals surface area contributed by atoms with Gasteiger partial charge < -0.3 is 0 Å². The summed E-state index contributed by atoms with van der Waals surface area (Å²) in [5.74, 6) is 0.662. The van der Waals surface area contributed by atoms with Gasteiger partial charge in [0.25, 0.3) is 0 Å². The first-order valence-electron chi connectivity index (χ1n) is 6.55. The van der Waals surface area contributed by atoms with Gasteiger partial charge in [0, 0.05) is 24.7 Å². The van der Waals surface area contributed by atoms with Crippen molar-refractivity contribution in [3.05, 3.63) is 12.2 Å². The lowest BCUT2D eigenvalue weighted by atomic mass is 9.83. The minimum atomic E-state index is -0.0849. The molecule has 0 N–H and O–H groups in total. The fourth-order valence-corrected chi connectivity index (χ4v) is 2.17. The highest BCUT2D eigenvalue weighted by atomic mass is 16.1. The van der Waals surface area contributed by atoms with Gasteiger partial charge in [-0.2, -0.15) is 0 Å². The molecule has 2 atom stereocenters. The molecule has 0 bridgehead atoms. The third-order valence-corrected chi connectivity index (χ3v) is 3.61. The molecule has 0 aromatic heterocycles. The average molecular weight is 236 g/mol. The van der Waals surface area contributed by atoms with E-state index in [0.29, 0.717) is 19.3 Å². The maximum Gasteiger partial charge on any atom is 0.136 e. The standard InChI is InChI=1S/C15H24O2/c1-11-6-5-9-15(3,4)10-14(17)12(2)7-8-13(11)16/h5,9,11-12H,6-8,10H2,1-4H3/b9-5+/t11-,12-/m1/s1. The van der Waals surface area contributed by atoms with Crippen LogP contribution in [-0.4, -0.2) is 11.6 Å². The van der Waals surface area contributed by atoms with Crippen molar-refractivity contribution in [1.29, 1.82) is 0 Å². The molecule has 0 saturated heterocycles. The summed E-state index contributed by atoms with van der Waals surface area (Å²) in [6, 6.07) is 0. The van der Waals surface area contributed by atoms with Crippen molar-refractivity contribution in [3.63, 3.8) is 0 Å². The molecule has 0 spiro atoms. The van der Waals surface area contributed by atoms with Crippen LogP contribution in [0.2, 0.25) is 0 Å². The van der Waals surface area contributed by atoms with Gasteiger partial charge in [-0.3, -0.25) is 9.59 Å². The maximum atomic E-state index is 12.0. The summed E-state index contributed by atoms with van der Waals surface area (Å²) in [4.78, 5) is 23.8. The Bertz CT molecular complexity index is 326. The number of hydrogen-bond donors (Lipinski definition) is 0. The summed E-state index contributed by atoms with van der Waals surface area (Å²) in [6.45, 7) is 8.08. The Labute approximate surface area is 104 Å². The van der Waals surface area contributed by atoms with Gasteiger partial charge in [-0.05, 0) is 18.3 Å². The van der Waals surface area contributed by atoms with Crippen molar-refractivity contribution in [2.45, 2.75) is 53.4 Å². The SMILES string of the molecule is C[C@@H]1C/C=C/C(C)(C)CC(=O)[C@H](C)CCC1=O. The Balaban J connectivity index is 2.84. The summed E-state index contributed by atoms with van der Waals surface area (Å²) in [5.41, 5.74) is -0.0849. The van der Waals surface area contributed by atoms with Crippen LogP contribution in [0.4, 0.5) is 0 Å². The lowest BCUT2D eigenvalue weighted by Gasteiger charge is -2.21. The van der Waals surface area contributed by atoms with Gasteiger partial charge in [-0.15, -0.1) is 0 Å². The quantitative estimate of drug-likeness (QED) is 0.603. The Morgan fingerprint density at radius 1 is 1.12 bits per heavy atom. The topological polar surface area (TPSA) is 34.1 Å². The van der Waals surface area contributed by atoms with Gasteiger partial charge in [0.1, 0.15) is 11.6 Å². The lowest BCUT2D eigenvalue weighted by molar-refractivity contribution is -0.125. The van der Waals surface area contributed by atoms with Crippen molar-refractivity contribution in [2.24, 2.45) is 17.3 Å². The minimum Gasteiger partial charge on any atom is -0.299 e. The number of allylic oxidation sites excluding steroid dienone is 2. The lowest BCUT2D eigenvalue weighted by Crippen LogP contribution is -2.20. The molecule has 0 aromatic rings. The summed E-state index contributed by atoms with van der Waals surface area (Å²) in [5, 5.41) is 0. The predicted molar refractivity (Wildman–Crippen MR) is 69.7 cm³/mol. The second kappa shape index (κ2) is 5.61. The number of carbonyl (C=O) groups is 2. The van der Waals surface area contributed by atoms with Gasteiger partial charge in [-0.1, -0.05) is 39.8 Å².